The van der Waals surface area contributed by atoms with E-state index in [0.717, 1.165) is 23.3 Å². The molecule has 1 aliphatic rings. The van der Waals surface area contributed by atoms with E-state index in [2.05, 4.69) is 27.3 Å². The molecule has 1 heterocycles. The van der Waals surface area contributed by atoms with Gasteiger partial charge in [0.1, 0.15) is 5.75 Å². The van der Waals surface area contributed by atoms with Gasteiger partial charge in [0.15, 0.2) is 0 Å². The molecule has 1 aromatic rings. The Morgan fingerprint density at radius 3 is 3.00 bits per heavy atom. The summed E-state index contributed by atoms with van der Waals surface area (Å²) in [5, 5.41) is 3.37. The fraction of sp³-hybridized carbons (Fsp3) is 0.455. The van der Waals surface area contributed by atoms with E-state index in [1.807, 2.05) is 12.1 Å². The lowest BCUT2D eigenvalue weighted by Gasteiger charge is -2.15. The maximum Gasteiger partial charge on any atom is 0.123 e. The molecule has 2 nitrogen and oxygen atoms in total. The third-order valence-electron chi connectivity index (χ3n) is 2.70. The van der Waals surface area contributed by atoms with E-state index < -0.39 is 0 Å². The van der Waals surface area contributed by atoms with Gasteiger partial charge in [-0.1, -0.05) is 22.0 Å². The fourth-order valence-corrected chi connectivity index (χ4v) is 2.66. The molecule has 0 aliphatic carbocycles. The molecule has 1 fully saturated rings. The molecule has 0 spiro atoms. The summed E-state index contributed by atoms with van der Waals surface area (Å²) in [6.07, 6.45) is 1.19. The van der Waals surface area contributed by atoms with Crippen molar-refractivity contribution in [2.24, 2.45) is 0 Å². The maximum absolute atomic E-state index is 5.38. The molecular formula is C11H14BrNO. The molecule has 1 atom stereocenters. The molecule has 3 heteroatoms. The lowest BCUT2D eigenvalue weighted by molar-refractivity contribution is 0.406. The van der Waals surface area contributed by atoms with Crippen LogP contribution in [0.1, 0.15) is 17.9 Å². The van der Waals surface area contributed by atoms with Crippen LogP contribution in [0.2, 0.25) is 0 Å². The quantitative estimate of drug-likeness (QED) is 0.877. The average molecular weight is 256 g/mol. The van der Waals surface area contributed by atoms with Crippen molar-refractivity contribution in [2.75, 3.05) is 20.2 Å². The van der Waals surface area contributed by atoms with Crippen molar-refractivity contribution in [1.82, 2.24) is 5.32 Å². The summed E-state index contributed by atoms with van der Waals surface area (Å²) < 4.78 is 6.54. The Balaban J connectivity index is 2.37. The summed E-state index contributed by atoms with van der Waals surface area (Å²) in [6, 6.07) is 6.11. The van der Waals surface area contributed by atoms with Crippen molar-refractivity contribution in [3.05, 3.63) is 28.2 Å². The third-order valence-corrected chi connectivity index (χ3v) is 3.39. The van der Waals surface area contributed by atoms with E-state index in [0.29, 0.717) is 5.92 Å². The zero-order chi connectivity index (χ0) is 9.97. The number of ether oxygens (including phenoxy) is 1. The predicted molar refractivity (Wildman–Crippen MR) is 60.9 cm³/mol. The Morgan fingerprint density at radius 2 is 2.36 bits per heavy atom. The van der Waals surface area contributed by atoms with Gasteiger partial charge in [-0.05, 0) is 25.1 Å². The minimum absolute atomic E-state index is 0.584. The van der Waals surface area contributed by atoms with Crippen molar-refractivity contribution in [3.63, 3.8) is 0 Å². The molecule has 0 radical (unpaired) electrons. The van der Waals surface area contributed by atoms with Crippen LogP contribution in [0.4, 0.5) is 0 Å². The maximum atomic E-state index is 5.38. The van der Waals surface area contributed by atoms with Crippen molar-refractivity contribution < 1.29 is 4.74 Å². The second-order valence-electron chi connectivity index (χ2n) is 3.55. The van der Waals surface area contributed by atoms with Crippen LogP contribution in [0.3, 0.4) is 0 Å². The Kier molecular flexibility index (Phi) is 3.08. The van der Waals surface area contributed by atoms with Crippen LogP contribution >= 0.6 is 15.9 Å². The molecule has 1 N–H and O–H groups in total. The summed E-state index contributed by atoms with van der Waals surface area (Å²) in [7, 11) is 1.73. The Morgan fingerprint density at radius 1 is 1.50 bits per heavy atom. The normalized spacial score (nSPS) is 21.1. The van der Waals surface area contributed by atoms with Crippen LogP contribution in [0, 0.1) is 0 Å². The molecular weight excluding hydrogens is 242 g/mol. The Labute approximate surface area is 92.8 Å². The third kappa shape index (κ3) is 1.79. The van der Waals surface area contributed by atoms with Gasteiger partial charge in [0.2, 0.25) is 0 Å². The van der Waals surface area contributed by atoms with Crippen LogP contribution < -0.4 is 10.1 Å². The topological polar surface area (TPSA) is 21.3 Å². The summed E-state index contributed by atoms with van der Waals surface area (Å²) in [6.45, 7) is 2.16. The van der Waals surface area contributed by atoms with Gasteiger partial charge < -0.3 is 10.1 Å². The number of benzene rings is 1. The van der Waals surface area contributed by atoms with E-state index in [4.69, 9.17) is 4.74 Å². The van der Waals surface area contributed by atoms with E-state index in [9.17, 15) is 0 Å². The molecule has 0 bridgehead atoms. The van der Waals surface area contributed by atoms with Gasteiger partial charge in [-0.25, -0.2) is 0 Å². The van der Waals surface area contributed by atoms with Crippen molar-refractivity contribution in [3.8, 4) is 5.75 Å². The summed E-state index contributed by atoms with van der Waals surface area (Å²) in [5.41, 5.74) is 1.31. The first kappa shape index (κ1) is 9.99. The molecule has 2 rings (SSSR count). The zero-order valence-corrected chi connectivity index (χ0v) is 9.80. The summed E-state index contributed by atoms with van der Waals surface area (Å²) in [4.78, 5) is 0. The first-order valence-corrected chi connectivity index (χ1v) is 5.65. The van der Waals surface area contributed by atoms with Crippen molar-refractivity contribution in [2.45, 2.75) is 12.3 Å². The van der Waals surface area contributed by atoms with Crippen LogP contribution in [-0.4, -0.2) is 20.2 Å². The minimum atomic E-state index is 0.584. The van der Waals surface area contributed by atoms with Crippen molar-refractivity contribution >= 4 is 15.9 Å². The second kappa shape index (κ2) is 4.32. The predicted octanol–water partition coefficient (Wildman–Crippen LogP) is 2.53. The van der Waals surface area contributed by atoms with Gasteiger partial charge in [-0.15, -0.1) is 0 Å². The Hall–Kier alpha value is -0.540. The molecule has 14 heavy (non-hydrogen) atoms. The molecule has 1 saturated heterocycles. The van der Waals surface area contributed by atoms with Gasteiger partial charge in [-0.3, -0.25) is 0 Å². The smallest absolute Gasteiger partial charge is 0.123 e. The number of methoxy groups -OCH3 is 1. The highest BCUT2D eigenvalue weighted by molar-refractivity contribution is 9.10. The van der Waals surface area contributed by atoms with E-state index in [-0.39, 0.29) is 0 Å². The Bertz CT molecular complexity index is 321. The molecule has 0 saturated carbocycles. The highest BCUT2D eigenvalue weighted by Crippen LogP contribution is 2.36. The van der Waals surface area contributed by atoms with Crippen LogP contribution in [-0.2, 0) is 0 Å². The summed E-state index contributed by atoms with van der Waals surface area (Å²) >= 11 is 3.59. The highest BCUT2D eigenvalue weighted by Gasteiger charge is 2.22. The first-order chi connectivity index (χ1) is 6.83. The molecule has 1 aliphatic heterocycles. The van der Waals surface area contributed by atoms with Gasteiger partial charge >= 0.3 is 0 Å². The largest absolute Gasteiger partial charge is 0.496 e. The number of hydrogen-bond acceptors (Lipinski definition) is 2. The number of halogens is 1. The zero-order valence-electron chi connectivity index (χ0n) is 8.22. The van der Waals surface area contributed by atoms with Gasteiger partial charge in [-0.2, -0.15) is 0 Å². The fourth-order valence-electron chi connectivity index (χ4n) is 1.99. The van der Waals surface area contributed by atoms with E-state index in [1.165, 1.54) is 12.0 Å². The summed E-state index contributed by atoms with van der Waals surface area (Å²) in [5.74, 6) is 1.58. The van der Waals surface area contributed by atoms with Crippen molar-refractivity contribution in [1.29, 1.82) is 0 Å². The van der Waals surface area contributed by atoms with E-state index in [1.54, 1.807) is 7.11 Å². The van der Waals surface area contributed by atoms with Crippen LogP contribution in [0.15, 0.2) is 22.7 Å². The average Bonchev–Trinajstić information content (AvgIpc) is 2.70. The lowest BCUT2D eigenvalue weighted by atomic mass is 9.97. The number of rotatable bonds is 2. The molecule has 0 amide bonds. The minimum Gasteiger partial charge on any atom is -0.496 e. The molecule has 76 valence electrons. The number of nitrogens with one attached hydrogen (secondary N) is 1. The highest BCUT2D eigenvalue weighted by atomic mass is 79.9. The first-order valence-electron chi connectivity index (χ1n) is 4.86. The van der Waals surface area contributed by atoms with Gasteiger partial charge in [0, 0.05) is 22.5 Å². The molecule has 1 aromatic carbocycles. The second-order valence-corrected chi connectivity index (χ2v) is 4.40. The van der Waals surface area contributed by atoms with Gasteiger partial charge in [0.05, 0.1) is 7.11 Å². The molecule has 0 aromatic heterocycles. The van der Waals surface area contributed by atoms with Crippen LogP contribution in [0.5, 0.6) is 5.75 Å². The van der Waals surface area contributed by atoms with Crippen LogP contribution in [0.25, 0.3) is 0 Å². The molecule has 1 unspecified atom stereocenters. The SMILES string of the molecule is COc1cccc(Br)c1C1CCNC1. The number of hydrogen-bond donors (Lipinski definition) is 1. The standard InChI is InChI=1S/C11H14BrNO/c1-14-10-4-2-3-9(12)11(10)8-5-6-13-7-8/h2-4,8,13H,5-7H2,1H3. The lowest BCUT2D eigenvalue weighted by Crippen LogP contribution is -2.09. The van der Waals surface area contributed by atoms with E-state index >= 15 is 0 Å². The monoisotopic (exact) mass is 255 g/mol. The van der Waals surface area contributed by atoms with Gasteiger partial charge in [0.25, 0.3) is 0 Å².